The monoisotopic (exact) mass is 316 g/mol. The van der Waals surface area contributed by atoms with Crippen molar-refractivity contribution in [1.82, 2.24) is 10.0 Å². The quantitative estimate of drug-likeness (QED) is 0.609. The van der Waals surface area contributed by atoms with Gasteiger partial charge in [0.15, 0.2) is 0 Å². The fourth-order valence-corrected chi connectivity index (χ4v) is 4.87. The number of hydrogen-bond donors (Lipinski definition) is 2. The van der Waals surface area contributed by atoms with Gasteiger partial charge in [-0.05, 0) is 57.4 Å². The lowest BCUT2D eigenvalue weighted by atomic mass is 9.83. The third kappa shape index (κ3) is 6.66. The number of nitrogens with one attached hydrogen (secondary N) is 2. The van der Waals surface area contributed by atoms with Crippen molar-refractivity contribution in [3.63, 3.8) is 0 Å². The second-order valence-electron chi connectivity index (χ2n) is 6.79. The lowest BCUT2D eigenvalue weighted by Gasteiger charge is -2.30. The molecule has 0 bridgehead atoms. The molecule has 0 amide bonds. The average molecular weight is 317 g/mol. The molecule has 0 spiro atoms. The molecule has 0 aliphatic heterocycles. The molecular weight excluding hydrogens is 284 g/mol. The van der Waals surface area contributed by atoms with Crippen LogP contribution in [0.3, 0.4) is 0 Å². The molecule has 2 fully saturated rings. The minimum atomic E-state index is -3.11. The predicted molar refractivity (Wildman–Crippen MR) is 87.8 cm³/mol. The fourth-order valence-electron chi connectivity index (χ4n) is 3.35. The van der Waals surface area contributed by atoms with Gasteiger partial charge in [0.05, 0.1) is 5.75 Å². The lowest BCUT2D eigenvalue weighted by Crippen LogP contribution is -2.41. The topological polar surface area (TPSA) is 58.2 Å². The molecule has 2 aliphatic carbocycles. The third-order valence-corrected chi connectivity index (χ3v) is 6.33. The highest BCUT2D eigenvalue weighted by molar-refractivity contribution is 7.89. The van der Waals surface area contributed by atoms with Gasteiger partial charge in [0.2, 0.25) is 10.0 Å². The van der Waals surface area contributed by atoms with Gasteiger partial charge in [-0.3, -0.25) is 0 Å². The van der Waals surface area contributed by atoms with Gasteiger partial charge in [-0.1, -0.05) is 26.2 Å². The molecule has 2 saturated carbocycles. The van der Waals surface area contributed by atoms with Crippen LogP contribution in [0.1, 0.15) is 71.1 Å². The molecule has 0 saturated heterocycles. The molecule has 1 atom stereocenters. The molecule has 0 aromatic carbocycles. The highest BCUT2D eigenvalue weighted by Gasteiger charge is 2.26. The minimum absolute atomic E-state index is 0.153. The largest absolute Gasteiger partial charge is 0.314 e. The maximum atomic E-state index is 12.2. The van der Waals surface area contributed by atoms with Gasteiger partial charge in [0.1, 0.15) is 0 Å². The first-order valence-corrected chi connectivity index (χ1v) is 10.5. The molecule has 0 radical (unpaired) electrons. The lowest BCUT2D eigenvalue weighted by molar-refractivity contribution is 0.285. The highest BCUT2D eigenvalue weighted by Crippen LogP contribution is 2.28. The highest BCUT2D eigenvalue weighted by atomic mass is 32.2. The van der Waals surface area contributed by atoms with Crippen LogP contribution in [-0.4, -0.2) is 32.8 Å². The molecule has 0 aromatic rings. The second kappa shape index (κ2) is 8.49. The molecule has 0 heterocycles. The summed E-state index contributed by atoms with van der Waals surface area (Å²) in [5.74, 6) is 0.831. The van der Waals surface area contributed by atoms with Gasteiger partial charge in [-0.15, -0.1) is 0 Å². The van der Waals surface area contributed by atoms with Crippen LogP contribution < -0.4 is 10.0 Å². The van der Waals surface area contributed by atoms with Crippen LogP contribution in [0.25, 0.3) is 0 Å². The van der Waals surface area contributed by atoms with E-state index in [2.05, 4.69) is 17.0 Å². The summed E-state index contributed by atoms with van der Waals surface area (Å²) in [5.41, 5.74) is 0. The third-order valence-electron chi connectivity index (χ3n) is 4.84. The summed E-state index contributed by atoms with van der Waals surface area (Å²) in [5, 5.41) is 3.43. The zero-order valence-corrected chi connectivity index (χ0v) is 14.3. The molecule has 2 N–H and O–H groups in total. The Labute approximate surface area is 130 Å². The number of rotatable bonds is 10. The van der Waals surface area contributed by atoms with E-state index in [4.69, 9.17) is 0 Å². The van der Waals surface area contributed by atoms with E-state index < -0.39 is 10.0 Å². The van der Waals surface area contributed by atoms with Gasteiger partial charge < -0.3 is 5.32 Å². The Bertz CT molecular complexity index is 387. The van der Waals surface area contributed by atoms with Gasteiger partial charge in [0, 0.05) is 12.1 Å². The zero-order chi connectivity index (χ0) is 15.1. The van der Waals surface area contributed by atoms with E-state index >= 15 is 0 Å². The Balaban J connectivity index is 1.66. The Morgan fingerprint density at radius 3 is 2.38 bits per heavy atom. The first-order chi connectivity index (χ1) is 10.1. The molecular formula is C16H32N2O2S. The van der Waals surface area contributed by atoms with Crippen LogP contribution in [0.5, 0.6) is 0 Å². The van der Waals surface area contributed by atoms with Crippen molar-refractivity contribution in [2.45, 2.75) is 83.2 Å². The summed E-state index contributed by atoms with van der Waals surface area (Å²) in [6.07, 6.45) is 11.4. The van der Waals surface area contributed by atoms with Crippen LogP contribution in [0.4, 0.5) is 0 Å². The molecule has 1 unspecified atom stereocenters. The first kappa shape index (κ1) is 17.2. The maximum absolute atomic E-state index is 12.2. The van der Waals surface area contributed by atoms with E-state index in [0.717, 1.165) is 31.8 Å². The van der Waals surface area contributed by atoms with Crippen molar-refractivity contribution in [2.24, 2.45) is 5.92 Å². The van der Waals surface area contributed by atoms with Crippen molar-refractivity contribution < 1.29 is 8.42 Å². The molecule has 2 rings (SSSR count). The fraction of sp³-hybridized carbons (Fsp3) is 1.00. The van der Waals surface area contributed by atoms with Crippen LogP contribution >= 0.6 is 0 Å². The van der Waals surface area contributed by atoms with Crippen LogP contribution in [0.2, 0.25) is 0 Å². The number of sulfonamides is 1. The van der Waals surface area contributed by atoms with Crippen LogP contribution in [0.15, 0.2) is 0 Å². The van der Waals surface area contributed by atoms with E-state index in [1.54, 1.807) is 0 Å². The Morgan fingerprint density at radius 2 is 1.76 bits per heavy atom. The molecule has 5 heteroatoms. The Hall–Kier alpha value is -0.130. The SMILES string of the molecule is CCC(NS(=O)(=O)CCCCNC1CC1)C1CCCCC1. The van der Waals surface area contributed by atoms with Crippen molar-refractivity contribution >= 4 is 10.0 Å². The average Bonchev–Trinajstić information content (AvgIpc) is 3.29. The summed E-state index contributed by atoms with van der Waals surface area (Å²) in [6, 6.07) is 0.871. The summed E-state index contributed by atoms with van der Waals surface area (Å²) >= 11 is 0. The van der Waals surface area contributed by atoms with E-state index in [9.17, 15) is 8.42 Å². The van der Waals surface area contributed by atoms with E-state index in [0.29, 0.717) is 5.92 Å². The van der Waals surface area contributed by atoms with Crippen molar-refractivity contribution in [3.8, 4) is 0 Å². The summed E-state index contributed by atoms with van der Waals surface area (Å²) in [4.78, 5) is 0. The molecule has 124 valence electrons. The Kier molecular flexibility index (Phi) is 6.96. The number of hydrogen-bond acceptors (Lipinski definition) is 3. The molecule has 21 heavy (non-hydrogen) atoms. The minimum Gasteiger partial charge on any atom is -0.314 e. The molecule has 2 aliphatic rings. The predicted octanol–water partition coefficient (Wildman–Crippen LogP) is 2.80. The Morgan fingerprint density at radius 1 is 1.05 bits per heavy atom. The van der Waals surface area contributed by atoms with Gasteiger partial charge in [-0.25, -0.2) is 13.1 Å². The smallest absolute Gasteiger partial charge is 0.211 e. The van der Waals surface area contributed by atoms with Crippen molar-refractivity contribution in [1.29, 1.82) is 0 Å². The zero-order valence-electron chi connectivity index (χ0n) is 13.4. The van der Waals surface area contributed by atoms with E-state index in [1.165, 1.54) is 44.9 Å². The summed E-state index contributed by atoms with van der Waals surface area (Å²) in [6.45, 7) is 3.06. The van der Waals surface area contributed by atoms with E-state index in [1.807, 2.05) is 0 Å². The standard InChI is InChI=1S/C16H32N2O2S/c1-2-16(14-8-4-3-5-9-14)18-21(19,20)13-7-6-12-17-15-10-11-15/h14-18H,2-13H2,1H3. The molecule has 4 nitrogen and oxygen atoms in total. The van der Waals surface area contributed by atoms with Gasteiger partial charge in [-0.2, -0.15) is 0 Å². The number of unbranched alkanes of at least 4 members (excludes halogenated alkanes) is 1. The maximum Gasteiger partial charge on any atom is 0.211 e. The van der Waals surface area contributed by atoms with Gasteiger partial charge >= 0.3 is 0 Å². The van der Waals surface area contributed by atoms with Crippen molar-refractivity contribution in [3.05, 3.63) is 0 Å². The summed E-state index contributed by atoms with van der Waals surface area (Å²) < 4.78 is 27.4. The van der Waals surface area contributed by atoms with Crippen LogP contribution in [0, 0.1) is 5.92 Å². The van der Waals surface area contributed by atoms with Gasteiger partial charge in [0.25, 0.3) is 0 Å². The normalized spacial score (nSPS) is 22.3. The molecule has 0 aromatic heterocycles. The summed E-state index contributed by atoms with van der Waals surface area (Å²) in [7, 11) is -3.11. The van der Waals surface area contributed by atoms with Crippen LogP contribution in [-0.2, 0) is 10.0 Å². The first-order valence-electron chi connectivity index (χ1n) is 8.84. The van der Waals surface area contributed by atoms with E-state index in [-0.39, 0.29) is 11.8 Å². The second-order valence-corrected chi connectivity index (χ2v) is 8.66. The van der Waals surface area contributed by atoms with Crippen molar-refractivity contribution in [2.75, 3.05) is 12.3 Å².